The molecule has 0 radical (unpaired) electrons. The monoisotopic (exact) mass is 550 g/mol. The topological polar surface area (TPSA) is 74.5 Å². The molecule has 0 spiro atoms. The average molecular weight is 551 g/mol. The number of piperidine rings is 1. The Kier molecular flexibility index (Phi) is 7.16. The van der Waals surface area contributed by atoms with Crippen molar-refractivity contribution in [3.63, 3.8) is 0 Å². The van der Waals surface area contributed by atoms with Crippen molar-refractivity contribution >= 4 is 32.9 Å². The Labute approximate surface area is 218 Å². The van der Waals surface area contributed by atoms with E-state index in [1.807, 2.05) is 39.8 Å². The first-order chi connectivity index (χ1) is 17.4. The molecule has 1 saturated heterocycles. The van der Waals surface area contributed by atoms with Gasteiger partial charge in [0.05, 0.1) is 17.6 Å². The molecule has 1 fully saturated rings. The third-order valence-electron chi connectivity index (χ3n) is 7.00. The SMILES string of the molecule is CC(C)N(Cc1ccc(Br)cc1)Cc1ccc(C(=O)N2CCC(n3c(=O)[nH]c4ccccc43)CC2)o1. The number of para-hydroxylation sites is 2. The smallest absolute Gasteiger partial charge is 0.326 e. The quantitative estimate of drug-likeness (QED) is 0.326. The lowest BCUT2D eigenvalue weighted by atomic mass is 10.0. The number of carbonyl (C=O) groups is 1. The fourth-order valence-electron chi connectivity index (χ4n) is 4.94. The van der Waals surface area contributed by atoms with Crippen LogP contribution in [-0.4, -0.2) is 44.4 Å². The Balaban J connectivity index is 1.22. The zero-order chi connectivity index (χ0) is 25.2. The molecule has 1 amide bonds. The number of nitrogens with one attached hydrogen (secondary N) is 1. The molecule has 1 aliphatic heterocycles. The number of aromatic nitrogens is 2. The van der Waals surface area contributed by atoms with Gasteiger partial charge in [0, 0.05) is 36.2 Å². The molecule has 1 aliphatic rings. The first-order valence-corrected chi connectivity index (χ1v) is 13.2. The van der Waals surface area contributed by atoms with Crippen LogP contribution in [0.4, 0.5) is 0 Å². The van der Waals surface area contributed by atoms with Crippen molar-refractivity contribution in [1.29, 1.82) is 0 Å². The van der Waals surface area contributed by atoms with Crippen molar-refractivity contribution in [3.8, 4) is 0 Å². The third-order valence-corrected chi connectivity index (χ3v) is 7.53. The normalized spacial score (nSPS) is 14.9. The van der Waals surface area contributed by atoms with Gasteiger partial charge in [-0.1, -0.05) is 40.2 Å². The Morgan fingerprint density at radius 1 is 1.06 bits per heavy atom. The first-order valence-electron chi connectivity index (χ1n) is 12.4. The Hall–Kier alpha value is -3.10. The lowest BCUT2D eigenvalue weighted by Crippen LogP contribution is -2.40. The van der Waals surface area contributed by atoms with Gasteiger partial charge in [-0.3, -0.25) is 14.3 Å². The number of benzene rings is 2. The predicted molar refractivity (Wildman–Crippen MR) is 144 cm³/mol. The molecule has 0 bridgehead atoms. The number of nitrogens with zero attached hydrogens (tertiary/aromatic N) is 3. The number of aromatic amines is 1. The number of hydrogen-bond acceptors (Lipinski definition) is 4. The van der Waals surface area contributed by atoms with Crippen LogP contribution in [0.5, 0.6) is 0 Å². The minimum absolute atomic E-state index is 0.0723. The number of likely N-dealkylation sites (tertiary alicyclic amines) is 1. The minimum Gasteiger partial charge on any atom is -0.455 e. The van der Waals surface area contributed by atoms with Gasteiger partial charge in [0.2, 0.25) is 0 Å². The van der Waals surface area contributed by atoms with Crippen LogP contribution in [0.3, 0.4) is 0 Å². The summed E-state index contributed by atoms with van der Waals surface area (Å²) in [5.74, 6) is 1.07. The number of carbonyl (C=O) groups excluding carboxylic acids is 1. The number of H-pyrrole nitrogens is 1. The third kappa shape index (κ3) is 5.20. The minimum atomic E-state index is -0.0884. The van der Waals surface area contributed by atoms with E-state index in [1.54, 1.807) is 6.07 Å². The van der Waals surface area contributed by atoms with Gasteiger partial charge in [-0.25, -0.2) is 4.79 Å². The first kappa shape index (κ1) is 24.6. The van der Waals surface area contributed by atoms with E-state index in [4.69, 9.17) is 4.42 Å². The zero-order valence-electron chi connectivity index (χ0n) is 20.6. The second-order valence-electron chi connectivity index (χ2n) is 9.73. The van der Waals surface area contributed by atoms with Crippen molar-refractivity contribution in [1.82, 2.24) is 19.4 Å². The molecule has 36 heavy (non-hydrogen) atoms. The predicted octanol–water partition coefficient (Wildman–Crippen LogP) is 5.57. The number of halogens is 1. The molecule has 3 heterocycles. The number of amides is 1. The van der Waals surface area contributed by atoms with Crippen LogP contribution in [0.25, 0.3) is 11.0 Å². The summed E-state index contributed by atoms with van der Waals surface area (Å²) in [6.07, 6.45) is 1.46. The summed E-state index contributed by atoms with van der Waals surface area (Å²) >= 11 is 3.49. The highest BCUT2D eigenvalue weighted by atomic mass is 79.9. The molecule has 1 N–H and O–H groups in total. The molecular weight excluding hydrogens is 520 g/mol. The highest BCUT2D eigenvalue weighted by Gasteiger charge is 2.28. The van der Waals surface area contributed by atoms with Crippen LogP contribution in [0.2, 0.25) is 0 Å². The molecule has 7 nitrogen and oxygen atoms in total. The summed E-state index contributed by atoms with van der Waals surface area (Å²) in [6, 6.07) is 20.2. The van der Waals surface area contributed by atoms with Crippen LogP contribution in [0.1, 0.15) is 54.6 Å². The van der Waals surface area contributed by atoms with E-state index in [9.17, 15) is 9.59 Å². The highest BCUT2D eigenvalue weighted by Crippen LogP contribution is 2.26. The van der Waals surface area contributed by atoms with Crippen LogP contribution in [0, 0.1) is 0 Å². The van der Waals surface area contributed by atoms with Gasteiger partial charge < -0.3 is 14.3 Å². The maximum absolute atomic E-state index is 13.2. The van der Waals surface area contributed by atoms with Gasteiger partial charge >= 0.3 is 5.69 Å². The van der Waals surface area contributed by atoms with E-state index in [-0.39, 0.29) is 17.6 Å². The molecule has 5 rings (SSSR count). The molecule has 0 saturated carbocycles. The highest BCUT2D eigenvalue weighted by molar-refractivity contribution is 9.10. The average Bonchev–Trinajstić information content (AvgIpc) is 3.48. The summed E-state index contributed by atoms with van der Waals surface area (Å²) in [7, 11) is 0. The summed E-state index contributed by atoms with van der Waals surface area (Å²) in [5, 5.41) is 0. The lowest BCUT2D eigenvalue weighted by molar-refractivity contribution is 0.0658. The van der Waals surface area contributed by atoms with Crippen LogP contribution < -0.4 is 5.69 Å². The lowest BCUT2D eigenvalue weighted by Gasteiger charge is -2.32. The van der Waals surface area contributed by atoms with E-state index in [0.717, 1.165) is 40.7 Å². The maximum atomic E-state index is 13.2. The summed E-state index contributed by atoms with van der Waals surface area (Å²) in [4.78, 5) is 32.8. The fourth-order valence-corrected chi connectivity index (χ4v) is 5.21. The van der Waals surface area contributed by atoms with E-state index < -0.39 is 0 Å². The summed E-state index contributed by atoms with van der Waals surface area (Å²) in [5.41, 5.74) is 2.90. The molecule has 8 heteroatoms. The number of hydrogen-bond donors (Lipinski definition) is 1. The van der Waals surface area contributed by atoms with Gasteiger partial charge in [0.25, 0.3) is 5.91 Å². The fraction of sp³-hybridized carbons (Fsp3) is 0.357. The van der Waals surface area contributed by atoms with Crippen molar-refractivity contribution in [3.05, 3.63) is 92.7 Å². The Morgan fingerprint density at radius 2 is 1.78 bits per heavy atom. The van der Waals surface area contributed by atoms with E-state index in [2.05, 4.69) is 63.9 Å². The van der Waals surface area contributed by atoms with Gasteiger partial charge in [0.1, 0.15) is 5.76 Å². The summed E-state index contributed by atoms with van der Waals surface area (Å²) in [6.45, 7) is 6.94. The molecule has 0 unspecified atom stereocenters. The largest absolute Gasteiger partial charge is 0.455 e. The number of furan rings is 1. The molecule has 2 aromatic heterocycles. The number of rotatable bonds is 7. The van der Waals surface area contributed by atoms with Crippen LogP contribution in [0.15, 0.2) is 74.3 Å². The zero-order valence-corrected chi connectivity index (χ0v) is 22.2. The van der Waals surface area contributed by atoms with Crippen LogP contribution in [-0.2, 0) is 13.1 Å². The number of fused-ring (bicyclic) bond motifs is 1. The Morgan fingerprint density at radius 3 is 2.50 bits per heavy atom. The van der Waals surface area contributed by atoms with Crippen molar-refractivity contribution in [2.24, 2.45) is 0 Å². The molecule has 0 atom stereocenters. The Bertz CT molecular complexity index is 1390. The van der Waals surface area contributed by atoms with Gasteiger partial charge in [0.15, 0.2) is 5.76 Å². The van der Waals surface area contributed by atoms with Crippen molar-refractivity contribution in [2.45, 2.75) is 51.9 Å². The van der Waals surface area contributed by atoms with Gasteiger partial charge in [-0.05, 0) is 68.7 Å². The van der Waals surface area contributed by atoms with E-state index in [0.29, 0.717) is 31.4 Å². The molecule has 188 valence electrons. The molecular formula is C28H31BrN4O3. The van der Waals surface area contributed by atoms with Crippen molar-refractivity contribution in [2.75, 3.05) is 13.1 Å². The second kappa shape index (κ2) is 10.5. The standard InChI is InChI=1S/C28H31BrN4O3/c1-19(2)32(17-20-7-9-21(29)10-8-20)18-23-11-12-26(36-23)27(34)31-15-13-22(14-16-31)33-25-6-4-3-5-24(25)30-28(33)35/h3-12,19,22H,13-18H2,1-2H3,(H,30,35). The molecule has 0 aliphatic carbocycles. The number of imidazole rings is 1. The summed E-state index contributed by atoms with van der Waals surface area (Å²) < 4.78 is 8.92. The van der Waals surface area contributed by atoms with E-state index >= 15 is 0 Å². The van der Waals surface area contributed by atoms with Crippen molar-refractivity contribution < 1.29 is 9.21 Å². The second-order valence-corrected chi connectivity index (χ2v) is 10.6. The van der Waals surface area contributed by atoms with Gasteiger partial charge in [-0.2, -0.15) is 0 Å². The molecule has 2 aromatic carbocycles. The molecule has 4 aromatic rings. The van der Waals surface area contributed by atoms with E-state index in [1.165, 1.54) is 5.56 Å². The van der Waals surface area contributed by atoms with Gasteiger partial charge in [-0.15, -0.1) is 0 Å². The van der Waals surface area contributed by atoms with Crippen LogP contribution >= 0.6 is 15.9 Å². The maximum Gasteiger partial charge on any atom is 0.326 e.